The van der Waals surface area contributed by atoms with Crippen molar-refractivity contribution in [3.05, 3.63) is 142 Å². The summed E-state index contributed by atoms with van der Waals surface area (Å²) < 4.78 is 0. The molecule has 0 aliphatic heterocycles. The summed E-state index contributed by atoms with van der Waals surface area (Å²) in [6, 6.07) is 45.7. The van der Waals surface area contributed by atoms with Crippen LogP contribution in [-0.2, 0) is 25.7 Å². The molecule has 0 N–H and O–H groups in total. The summed E-state index contributed by atoms with van der Waals surface area (Å²) in [5.74, 6) is 0. The van der Waals surface area contributed by atoms with E-state index in [4.69, 9.17) is 0 Å². The molecule has 194 valence electrons. The lowest BCUT2D eigenvalue weighted by Gasteiger charge is -2.14. The van der Waals surface area contributed by atoms with Crippen LogP contribution < -0.4 is 0 Å². The van der Waals surface area contributed by atoms with Crippen molar-refractivity contribution in [1.82, 2.24) is 0 Å². The first kappa shape index (κ1) is 23.3. The lowest BCUT2D eigenvalue weighted by atomic mass is 9.91. The molecule has 1 aromatic heterocycles. The van der Waals surface area contributed by atoms with Crippen LogP contribution in [0.1, 0.15) is 20.9 Å². The van der Waals surface area contributed by atoms with Crippen molar-refractivity contribution in [2.45, 2.75) is 25.7 Å². The molecule has 41 heavy (non-hydrogen) atoms. The Morgan fingerprint density at radius 1 is 0.317 bits per heavy atom. The van der Waals surface area contributed by atoms with Crippen molar-refractivity contribution in [2.75, 3.05) is 0 Å². The van der Waals surface area contributed by atoms with Crippen LogP contribution in [0, 0.1) is 0 Å². The highest BCUT2D eigenvalue weighted by Gasteiger charge is 2.13. The van der Waals surface area contributed by atoms with Gasteiger partial charge in [-0.3, -0.25) is 0 Å². The van der Waals surface area contributed by atoms with Crippen LogP contribution in [0.5, 0.6) is 0 Å². The first-order valence-electron chi connectivity index (χ1n) is 14.7. The highest BCUT2D eigenvalue weighted by molar-refractivity contribution is 7.12. The van der Waals surface area contributed by atoms with E-state index in [1.807, 2.05) is 11.3 Å². The van der Waals surface area contributed by atoms with Crippen molar-refractivity contribution in [2.24, 2.45) is 0 Å². The third-order valence-corrected chi connectivity index (χ3v) is 10.4. The van der Waals surface area contributed by atoms with Crippen molar-refractivity contribution in [3.63, 3.8) is 0 Å². The Kier molecular flexibility index (Phi) is 5.12. The van der Waals surface area contributed by atoms with Gasteiger partial charge in [0.05, 0.1) is 0 Å². The summed E-state index contributed by atoms with van der Waals surface area (Å²) in [6.45, 7) is 0. The Morgan fingerprint density at radius 3 is 1.12 bits per heavy atom. The van der Waals surface area contributed by atoms with Crippen molar-refractivity contribution in [3.8, 4) is 0 Å². The maximum Gasteiger partial charge on any atom is 0.00514 e. The zero-order valence-corrected chi connectivity index (χ0v) is 23.6. The maximum absolute atomic E-state index is 2.36. The molecule has 0 spiro atoms. The Bertz CT molecular complexity index is 2170. The molecule has 0 amide bonds. The first-order chi connectivity index (χ1) is 20.3. The first-order valence-corrected chi connectivity index (χ1v) is 15.5. The van der Waals surface area contributed by atoms with Crippen LogP contribution in [0.25, 0.3) is 64.6 Å². The summed E-state index contributed by atoms with van der Waals surface area (Å²) in [6.07, 6.45) is 4.33. The van der Waals surface area contributed by atoms with Gasteiger partial charge in [0.2, 0.25) is 0 Å². The smallest absolute Gasteiger partial charge is 0.00514 e. The van der Waals surface area contributed by atoms with E-state index in [2.05, 4.69) is 121 Å². The van der Waals surface area contributed by atoms with Gasteiger partial charge < -0.3 is 0 Å². The van der Waals surface area contributed by atoms with Crippen LogP contribution in [0.15, 0.2) is 121 Å². The molecular formula is C40H28S. The Balaban J connectivity index is 0.974. The second-order valence-electron chi connectivity index (χ2n) is 11.5. The largest absolute Gasteiger partial charge is 0.145 e. The Labute approximate surface area is 243 Å². The van der Waals surface area contributed by atoms with Gasteiger partial charge in [0.1, 0.15) is 0 Å². The van der Waals surface area contributed by atoms with E-state index in [1.165, 1.54) is 85.5 Å². The zero-order valence-electron chi connectivity index (χ0n) is 22.8. The molecule has 0 saturated carbocycles. The second kappa shape index (κ2) is 9.03. The molecule has 0 aliphatic carbocycles. The predicted molar refractivity (Wildman–Crippen MR) is 179 cm³/mol. The fourth-order valence-corrected chi connectivity index (χ4v) is 8.25. The number of benzene rings is 8. The van der Waals surface area contributed by atoms with Crippen LogP contribution in [0.3, 0.4) is 0 Å². The van der Waals surface area contributed by atoms with Gasteiger partial charge in [-0.1, -0.05) is 109 Å². The molecule has 9 rings (SSSR count). The fourth-order valence-electron chi connectivity index (χ4n) is 7.23. The van der Waals surface area contributed by atoms with Gasteiger partial charge in [0.25, 0.3) is 0 Å². The molecule has 9 aromatic rings. The third-order valence-electron chi connectivity index (χ3n) is 9.24. The van der Waals surface area contributed by atoms with Gasteiger partial charge in [-0.2, -0.15) is 0 Å². The average molecular weight is 541 g/mol. The highest BCUT2D eigenvalue weighted by Crippen LogP contribution is 2.38. The normalized spacial score (nSPS) is 12.3. The maximum atomic E-state index is 2.36. The van der Waals surface area contributed by atoms with Gasteiger partial charge in [0, 0.05) is 9.75 Å². The summed E-state index contributed by atoms with van der Waals surface area (Å²) in [5.41, 5.74) is 2.92. The van der Waals surface area contributed by atoms with Crippen LogP contribution in [-0.4, -0.2) is 0 Å². The van der Waals surface area contributed by atoms with Crippen molar-refractivity contribution in [1.29, 1.82) is 0 Å². The Hall–Kier alpha value is -4.46. The standard InChI is InChI=1S/C40H28S/c1-3-27-11-13-31-9-7-25(35-23-17-29(5-1)37(27)39(31)35)15-19-33-21-22-34(41-33)20-16-26-8-10-32-14-12-28-4-2-6-30-18-24-36(26)40(32)38(28)30/h1-14,17-18,21-24H,15-16,19-20H2. The van der Waals surface area contributed by atoms with E-state index in [0.29, 0.717) is 0 Å². The number of aryl methyl sites for hydroxylation is 4. The average Bonchev–Trinajstić information content (AvgIpc) is 3.49. The van der Waals surface area contributed by atoms with E-state index in [0.717, 1.165) is 25.7 Å². The number of hydrogen-bond donors (Lipinski definition) is 0. The minimum atomic E-state index is 1.07. The van der Waals surface area contributed by atoms with Crippen LogP contribution >= 0.6 is 11.3 Å². The minimum Gasteiger partial charge on any atom is -0.145 e. The zero-order chi connectivity index (χ0) is 26.9. The van der Waals surface area contributed by atoms with Crippen molar-refractivity contribution < 1.29 is 0 Å². The van der Waals surface area contributed by atoms with Crippen LogP contribution in [0.4, 0.5) is 0 Å². The molecule has 8 aromatic carbocycles. The quantitative estimate of drug-likeness (QED) is 0.184. The fraction of sp³-hybridized carbons (Fsp3) is 0.100. The molecule has 0 unspecified atom stereocenters. The molecule has 0 atom stereocenters. The monoisotopic (exact) mass is 540 g/mol. The molecule has 0 radical (unpaired) electrons. The molecule has 0 nitrogen and oxygen atoms in total. The predicted octanol–water partition coefficient (Wildman–Crippen LogP) is 11.1. The number of hydrogen-bond acceptors (Lipinski definition) is 1. The molecule has 0 saturated heterocycles. The molecule has 0 aliphatic rings. The third kappa shape index (κ3) is 3.66. The highest BCUT2D eigenvalue weighted by atomic mass is 32.1. The number of thiophene rings is 1. The molecule has 1 heterocycles. The van der Waals surface area contributed by atoms with E-state index < -0.39 is 0 Å². The topological polar surface area (TPSA) is 0 Å². The van der Waals surface area contributed by atoms with E-state index in [1.54, 1.807) is 0 Å². The summed E-state index contributed by atoms with van der Waals surface area (Å²) >= 11 is 2.00. The van der Waals surface area contributed by atoms with Gasteiger partial charge >= 0.3 is 0 Å². The van der Waals surface area contributed by atoms with Gasteiger partial charge in [-0.25, -0.2) is 0 Å². The van der Waals surface area contributed by atoms with Gasteiger partial charge in [0.15, 0.2) is 0 Å². The molecule has 1 heteroatoms. The van der Waals surface area contributed by atoms with Gasteiger partial charge in [-0.05, 0) is 114 Å². The second-order valence-corrected chi connectivity index (χ2v) is 12.8. The lowest BCUT2D eigenvalue weighted by Crippen LogP contribution is -1.93. The SMILES string of the molecule is c1cc2ccc3ccc(CCc4ccc(CCc5ccc6ccc7cccc8ccc5c6c78)s4)c4ccc(c1)c2c34. The summed E-state index contributed by atoms with van der Waals surface area (Å²) in [7, 11) is 0. The Morgan fingerprint density at radius 2 is 0.683 bits per heavy atom. The molecular weight excluding hydrogens is 513 g/mol. The minimum absolute atomic E-state index is 1.07. The van der Waals surface area contributed by atoms with Gasteiger partial charge in [-0.15, -0.1) is 11.3 Å². The lowest BCUT2D eigenvalue weighted by molar-refractivity contribution is 0.991. The van der Waals surface area contributed by atoms with Crippen LogP contribution in [0.2, 0.25) is 0 Å². The number of rotatable bonds is 6. The van der Waals surface area contributed by atoms with E-state index >= 15 is 0 Å². The molecule has 0 bridgehead atoms. The summed E-state index contributed by atoms with van der Waals surface area (Å²) in [4.78, 5) is 2.97. The molecule has 0 fully saturated rings. The van der Waals surface area contributed by atoms with E-state index in [9.17, 15) is 0 Å². The summed E-state index contributed by atoms with van der Waals surface area (Å²) in [5, 5.41) is 16.6. The van der Waals surface area contributed by atoms with Crippen molar-refractivity contribution >= 4 is 76.0 Å². The van der Waals surface area contributed by atoms with E-state index in [-0.39, 0.29) is 0 Å².